The first-order valence-electron chi connectivity index (χ1n) is 8.99. The van der Waals surface area contributed by atoms with Gasteiger partial charge in [-0.3, -0.25) is 13.9 Å². The Labute approximate surface area is 161 Å². The van der Waals surface area contributed by atoms with Gasteiger partial charge < -0.3 is 4.90 Å². The molecule has 0 bridgehead atoms. The zero-order valence-electron chi connectivity index (χ0n) is 15.7. The fourth-order valence-electron chi connectivity index (χ4n) is 3.38. The van der Waals surface area contributed by atoms with Gasteiger partial charge in [0.15, 0.2) is 5.65 Å². The minimum absolute atomic E-state index is 0.352. The minimum atomic E-state index is -0.392. The molecular formula is C22H20N4O2. The van der Waals surface area contributed by atoms with E-state index in [2.05, 4.69) is 9.88 Å². The zero-order valence-corrected chi connectivity index (χ0v) is 15.7. The summed E-state index contributed by atoms with van der Waals surface area (Å²) in [5.74, 6) is 0. The van der Waals surface area contributed by atoms with E-state index in [-0.39, 0.29) is 5.56 Å². The third kappa shape index (κ3) is 2.99. The molecule has 0 unspecified atom stereocenters. The van der Waals surface area contributed by atoms with Gasteiger partial charge in [0.2, 0.25) is 0 Å². The summed E-state index contributed by atoms with van der Waals surface area (Å²) in [6.07, 6.45) is 1.64. The molecular weight excluding hydrogens is 352 g/mol. The van der Waals surface area contributed by atoms with Crippen LogP contribution in [-0.2, 0) is 20.6 Å². The molecule has 6 nitrogen and oxygen atoms in total. The molecule has 2 aromatic carbocycles. The monoisotopic (exact) mass is 372 g/mol. The maximum Gasteiger partial charge on any atom is 0.332 e. The Hall–Kier alpha value is -3.67. The highest BCUT2D eigenvalue weighted by Crippen LogP contribution is 2.30. The molecule has 0 saturated heterocycles. The van der Waals surface area contributed by atoms with Crippen molar-refractivity contribution < 1.29 is 0 Å². The predicted octanol–water partition coefficient (Wildman–Crippen LogP) is 2.97. The number of para-hydroxylation sites is 1. The molecule has 4 rings (SSSR count). The normalized spacial score (nSPS) is 10.9. The van der Waals surface area contributed by atoms with Crippen LogP contribution in [0.5, 0.6) is 0 Å². The molecule has 4 aromatic rings. The van der Waals surface area contributed by atoms with Crippen LogP contribution in [-0.4, -0.2) is 14.1 Å². The third-order valence-corrected chi connectivity index (χ3v) is 4.86. The summed E-state index contributed by atoms with van der Waals surface area (Å²) < 4.78 is 2.53. The van der Waals surface area contributed by atoms with E-state index in [1.807, 2.05) is 66.7 Å². The fraction of sp³-hybridized carbons (Fsp3) is 0.136. The van der Waals surface area contributed by atoms with E-state index in [0.717, 1.165) is 21.5 Å². The van der Waals surface area contributed by atoms with Crippen molar-refractivity contribution in [3.8, 4) is 0 Å². The average molecular weight is 372 g/mol. The number of fused-ring (bicyclic) bond motifs is 1. The van der Waals surface area contributed by atoms with E-state index in [0.29, 0.717) is 17.6 Å². The van der Waals surface area contributed by atoms with Gasteiger partial charge in [0.25, 0.3) is 5.56 Å². The first kappa shape index (κ1) is 17.7. The van der Waals surface area contributed by atoms with Crippen LogP contribution in [0.15, 0.2) is 82.5 Å². The lowest BCUT2D eigenvalue weighted by molar-refractivity contribution is 0.707. The van der Waals surface area contributed by atoms with Crippen molar-refractivity contribution in [3.63, 3.8) is 0 Å². The standard InChI is InChI=1S/C22H20N4O2/c1-24-20-19(21(27)25(2)22(24)28)18(13-14-23-20)26(17-11-7-4-8-12-17)15-16-9-5-3-6-10-16/h3-14H,15H2,1-2H3. The molecule has 0 aliphatic heterocycles. The third-order valence-electron chi connectivity index (χ3n) is 4.86. The van der Waals surface area contributed by atoms with Crippen molar-refractivity contribution in [2.24, 2.45) is 14.1 Å². The quantitative estimate of drug-likeness (QED) is 0.553. The van der Waals surface area contributed by atoms with Crippen LogP contribution in [0.3, 0.4) is 0 Å². The van der Waals surface area contributed by atoms with E-state index in [1.54, 1.807) is 13.2 Å². The molecule has 2 aromatic heterocycles. The molecule has 0 aliphatic rings. The number of aryl methyl sites for hydroxylation is 1. The summed E-state index contributed by atoms with van der Waals surface area (Å²) in [6, 6.07) is 21.8. The SMILES string of the molecule is Cn1c(=O)c2c(N(Cc3ccccc3)c3ccccc3)ccnc2n(C)c1=O. The summed E-state index contributed by atoms with van der Waals surface area (Å²) in [4.78, 5) is 31.7. The number of rotatable bonds is 4. The number of hydrogen-bond acceptors (Lipinski definition) is 4. The molecule has 0 aliphatic carbocycles. The second-order valence-corrected chi connectivity index (χ2v) is 6.64. The van der Waals surface area contributed by atoms with Crippen molar-refractivity contribution in [2.45, 2.75) is 6.54 Å². The van der Waals surface area contributed by atoms with Gasteiger partial charge in [-0.05, 0) is 23.8 Å². The van der Waals surface area contributed by atoms with Gasteiger partial charge in [-0.2, -0.15) is 0 Å². The van der Waals surface area contributed by atoms with Gasteiger partial charge in [-0.1, -0.05) is 48.5 Å². The molecule has 0 atom stereocenters. The lowest BCUT2D eigenvalue weighted by Crippen LogP contribution is -2.38. The van der Waals surface area contributed by atoms with E-state index < -0.39 is 5.69 Å². The number of anilines is 2. The number of aromatic nitrogens is 3. The van der Waals surface area contributed by atoms with Crippen molar-refractivity contribution in [1.29, 1.82) is 0 Å². The van der Waals surface area contributed by atoms with Crippen molar-refractivity contribution in [3.05, 3.63) is 99.3 Å². The highest BCUT2D eigenvalue weighted by Gasteiger charge is 2.19. The summed E-state index contributed by atoms with van der Waals surface area (Å²) in [5, 5.41) is 0.423. The van der Waals surface area contributed by atoms with Crippen molar-refractivity contribution in [2.75, 3.05) is 4.90 Å². The maximum absolute atomic E-state index is 13.0. The highest BCUT2D eigenvalue weighted by atomic mass is 16.2. The van der Waals surface area contributed by atoms with Crippen LogP contribution in [0, 0.1) is 0 Å². The predicted molar refractivity (Wildman–Crippen MR) is 111 cm³/mol. The highest BCUT2D eigenvalue weighted by molar-refractivity contribution is 5.91. The van der Waals surface area contributed by atoms with Crippen LogP contribution in [0.25, 0.3) is 11.0 Å². The maximum atomic E-state index is 13.0. The Kier molecular flexibility index (Phi) is 4.53. The Bertz CT molecular complexity index is 1240. The molecule has 28 heavy (non-hydrogen) atoms. The van der Waals surface area contributed by atoms with Crippen LogP contribution < -0.4 is 16.1 Å². The minimum Gasteiger partial charge on any atom is -0.336 e. The van der Waals surface area contributed by atoms with Crippen molar-refractivity contribution >= 4 is 22.4 Å². The number of nitrogens with zero attached hydrogens (tertiary/aromatic N) is 4. The molecule has 6 heteroatoms. The molecule has 2 heterocycles. The molecule has 0 saturated carbocycles. The van der Waals surface area contributed by atoms with Crippen LogP contribution in [0.1, 0.15) is 5.56 Å². The summed E-state index contributed by atoms with van der Waals surface area (Å²) in [5.41, 5.74) is 2.41. The van der Waals surface area contributed by atoms with Gasteiger partial charge in [-0.25, -0.2) is 9.78 Å². The number of hydrogen-bond donors (Lipinski definition) is 0. The second-order valence-electron chi connectivity index (χ2n) is 6.64. The van der Waals surface area contributed by atoms with E-state index in [4.69, 9.17) is 0 Å². The van der Waals surface area contributed by atoms with E-state index in [1.165, 1.54) is 11.6 Å². The van der Waals surface area contributed by atoms with Crippen molar-refractivity contribution in [1.82, 2.24) is 14.1 Å². The Morgan fingerprint density at radius 3 is 2.18 bits per heavy atom. The number of benzene rings is 2. The molecule has 0 fully saturated rings. The van der Waals surface area contributed by atoms with E-state index >= 15 is 0 Å². The summed E-state index contributed by atoms with van der Waals surface area (Å²) in [6.45, 7) is 0.579. The molecule has 0 amide bonds. The molecule has 140 valence electrons. The van der Waals surface area contributed by atoms with Gasteiger partial charge in [0.05, 0.1) is 5.69 Å². The largest absolute Gasteiger partial charge is 0.336 e. The van der Waals surface area contributed by atoms with Gasteiger partial charge in [0.1, 0.15) is 5.39 Å². The Morgan fingerprint density at radius 1 is 0.857 bits per heavy atom. The van der Waals surface area contributed by atoms with Crippen LogP contribution in [0.4, 0.5) is 11.4 Å². The van der Waals surface area contributed by atoms with Gasteiger partial charge >= 0.3 is 5.69 Å². The fourth-order valence-corrected chi connectivity index (χ4v) is 3.38. The lowest BCUT2D eigenvalue weighted by atomic mass is 10.1. The Morgan fingerprint density at radius 2 is 1.50 bits per heavy atom. The molecule has 0 radical (unpaired) electrons. The molecule has 0 spiro atoms. The van der Waals surface area contributed by atoms with E-state index in [9.17, 15) is 9.59 Å². The summed E-state index contributed by atoms with van der Waals surface area (Å²) >= 11 is 0. The second kappa shape index (κ2) is 7.15. The average Bonchev–Trinajstić information content (AvgIpc) is 2.75. The summed E-state index contributed by atoms with van der Waals surface area (Å²) in [7, 11) is 3.12. The smallest absolute Gasteiger partial charge is 0.332 e. The first-order chi connectivity index (χ1) is 13.6. The lowest BCUT2D eigenvalue weighted by Gasteiger charge is -2.26. The zero-order chi connectivity index (χ0) is 19.7. The van der Waals surface area contributed by atoms with Crippen LogP contribution in [0.2, 0.25) is 0 Å². The first-order valence-corrected chi connectivity index (χ1v) is 8.99. The molecule has 0 N–H and O–H groups in total. The topological polar surface area (TPSA) is 60.1 Å². The Balaban J connectivity index is 2.01. The van der Waals surface area contributed by atoms with Crippen LogP contribution >= 0.6 is 0 Å². The van der Waals surface area contributed by atoms with Gasteiger partial charge in [-0.15, -0.1) is 0 Å². The number of pyridine rings is 1. The van der Waals surface area contributed by atoms with Gasteiger partial charge in [0, 0.05) is 32.5 Å².